The number of hydrogen-bond acceptors (Lipinski definition) is 10. The Kier molecular flexibility index (Phi) is 8.20. The molecule has 2 atom stereocenters. The fourth-order valence-corrected chi connectivity index (χ4v) is 6.22. The Morgan fingerprint density at radius 3 is 2.56 bits per heavy atom. The molecule has 2 fully saturated rings. The van der Waals surface area contributed by atoms with Gasteiger partial charge in [-0.15, -0.1) is 0 Å². The molecule has 3 heterocycles. The molecule has 14 heteroatoms. The maximum atomic E-state index is 13.4. The van der Waals surface area contributed by atoms with Crippen LogP contribution in [0.5, 0.6) is 0 Å². The van der Waals surface area contributed by atoms with Crippen LogP contribution in [-0.4, -0.2) is 50.9 Å². The molecule has 4 rings (SSSR count). The van der Waals surface area contributed by atoms with Crippen LogP contribution in [0.25, 0.3) is 0 Å². The number of carbonyl (C=O) groups is 1. The van der Waals surface area contributed by atoms with E-state index in [9.17, 15) is 23.1 Å². The van der Waals surface area contributed by atoms with E-state index >= 15 is 0 Å². The van der Waals surface area contributed by atoms with Gasteiger partial charge in [-0.25, -0.2) is 14.8 Å². The number of amides is 1. The van der Waals surface area contributed by atoms with Gasteiger partial charge in [0.25, 0.3) is 0 Å². The summed E-state index contributed by atoms with van der Waals surface area (Å²) in [5.41, 5.74) is 10.4. The summed E-state index contributed by atoms with van der Waals surface area (Å²) in [6, 6.07) is 1.20. The number of nitrogens with one attached hydrogen (secondary N) is 1. The zero-order chi connectivity index (χ0) is 28.6. The monoisotopic (exact) mass is 569 g/mol. The number of aromatic nitrogens is 3. The highest BCUT2D eigenvalue weighted by Crippen LogP contribution is 2.48. The summed E-state index contributed by atoms with van der Waals surface area (Å²) in [4.78, 5) is 26.5. The summed E-state index contributed by atoms with van der Waals surface area (Å²) >= 11 is 0.684. The number of rotatable bonds is 5. The van der Waals surface area contributed by atoms with Crippen LogP contribution in [0.4, 0.5) is 29.6 Å². The molecule has 1 aliphatic carbocycles. The molecule has 2 aromatic rings. The molecule has 0 bridgehead atoms. The molecule has 1 saturated carbocycles. The molecular formula is C25H34F3N7O3S. The van der Waals surface area contributed by atoms with Crippen LogP contribution in [0.2, 0.25) is 0 Å². The molecule has 2 aromatic heterocycles. The van der Waals surface area contributed by atoms with E-state index in [0.29, 0.717) is 30.7 Å². The van der Waals surface area contributed by atoms with Crippen LogP contribution in [0.1, 0.15) is 70.4 Å². The number of alkyl carbamates (subject to hydrolysis) is 1. The van der Waals surface area contributed by atoms with Gasteiger partial charge in [0.15, 0.2) is 11.6 Å². The number of aliphatic hydroxyl groups is 1. The van der Waals surface area contributed by atoms with Gasteiger partial charge in [0.2, 0.25) is 0 Å². The number of carbonyl (C=O) groups excluding carboxylic acids is 1. The number of pyridine rings is 1. The zero-order valence-electron chi connectivity index (χ0n) is 22.1. The Hall–Kier alpha value is -2.84. The van der Waals surface area contributed by atoms with Crippen LogP contribution >= 0.6 is 11.8 Å². The van der Waals surface area contributed by atoms with Gasteiger partial charge >= 0.3 is 12.3 Å². The maximum absolute atomic E-state index is 13.4. The lowest BCUT2D eigenvalue weighted by Gasteiger charge is -2.44. The van der Waals surface area contributed by atoms with E-state index in [1.807, 2.05) is 25.7 Å². The summed E-state index contributed by atoms with van der Waals surface area (Å²) in [5, 5.41) is 13.3. The molecule has 10 nitrogen and oxygen atoms in total. The van der Waals surface area contributed by atoms with E-state index < -0.39 is 29.7 Å². The van der Waals surface area contributed by atoms with Gasteiger partial charge < -0.3 is 31.5 Å². The first-order valence-electron chi connectivity index (χ1n) is 12.7. The quantitative estimate of drug-likeness (QED) is 0.385. The van der Waals surface area contributed by atoms with E-state index in [4.69, 9.17) is 16.2 Å². The Morgan fingerprint density at radius 2 is 1.95 bits per heavy atom. The fourth-order valence-electron chi connectivity index (χ4n) is 5.31. The van der Waals surface area contributed by atoms with E-state index in [1.165, 1.54) is 12.3 Å². The van der Waals surface area contributed by atoms with Crippen molar-refractivity contribution in [2.45, 2.75) is 86.8 Å². The van der Waals surface area contributed by atoms with Crippen molar-refractivity contribution in [3.63, 3.8) is 0 Å². The summed E-state index contributed by atoms with van der Waals surface area (Å²) in [5.74, 6) is 0.220. The third-order valence-corrected chi connectivity index (χ3v) is 8.20. The number of nitrogens with zero attached hydrogens (tertiary/aromatic N) is 4. The first-order chi connectivity index (χ1) is 18.2. The van der Waals surface area contributed by atoms with Gasteiger partial charge in [-0.3, -0.25) is 4.98 Å². The average molecular weight is 570 g/mol. The Balaban J connectivity index is 1.52. The summed E-state index contributed by atoms with van der Waals surface area (Å²) in [6.45, 7) is 6.57. The highest BCUT2D eigenvalue weighted by Gasteiger charge is 2.46. The van der Waals surface area contributed by atoms with Crippen molar-refractivity contribution in [2.24, 2.45) is 11.1 Å². The van der Waals surface area contributed by atoms with Gasteiger partial charge in [-0.1, -0.05) is 18.2 Å². The smallest absolute Gasteiger partial charge is 0.418 e. The van der Waals surface area contributed by atoms with Crippen LogP contribution in [0.3, 0.4) is 0 Å². The van der Waals surface area contributed by atoms with Crippen molar-refractivity contribution < 1.29 is 27.8 Å². The van der Waals surface area contributed by atoms with Gasteiger partial charge in [-0.2, -0.15) is 13.2 Å². The molecular weight excluding hydrogens is 535 g/mol. The first kappa shape index (κ1) is 29.2. The van der Waals surface area contributed by atoms with Crippen LogP contribution in [0.15, 0.2) is 28.4 Å². The number of nitrogen functional groups attached to an aromatic ring is 1. The number of hydrogen-bond donors (Lipinski definition) is 4. The summed E-state index contributed by atoms with van der Waals surface area (Å²) < 4.78 is 45.8. The molecule has 0 aromatic carbocycles. The topological polar surface area (TPSA) is 153 Å². The third-order valence-electron chi connectivity index (χ3n) is 7.13. The highest BCUT2D eigenvalue weighted by molar-refractivity contribution is 7.99. The second kappa shape index (κ2) is 11.0. The minimum Gasteiger partial charge on any atom is -0.444 e. The number of nitrogens with two attached hydrogens (primary N) is 2. The van der Waals surface area contributed by atoms with Crippen molar-refractivity contribution >= 4 is 29.5 Å². The van der Waals surface area contributed by atoms with Crippen molar-refractivity contribution in [3.05, 3.63) is 29.7 Å². The van der Waals surface area contributed by atoms with Crippen molar-refractivity contribution in [1.82, 2.24) is 20.3 Å². The van der Waals surface area contributed by atoms with Gasteiger partial charge in [-0.05, 0) is 57.9 Å². The SMILES string of the molecule is CC(C)(C)OC(=O)N[C@@H]1CCCC12CCN(c1nc(N)c(Sc3ccncc3C(F)(F)F)nc1C(N)O)CC2. The van der Waals surface area contributed by atoms with Gasteiger partial charge in [0.1, 0.15) is 22.5 Å². The molecule has 0 radical (unpaired) electrons. The van der Waals surface area contributed by atoms with Crippen molar-refractivity contribution in [3.8, 4) is 0 Å². The number of piperidine rings is 1. The largest absolute Gasteiger partial charge is 0.444 e. The number of alkyl halides is 3. The molecule has 2 aliphatic rings. The minimum atomic E-state index is -4.62. The molecule has 39 heavy (non-hydrogen) atoms. The second-order valence-corrected chi connectivity index (χ2v) is 12.0. The highest BCUT2D eigenvalue weighted by atomic mass is 32.2. The maximum Gasteiger partial charge on any atom is 0.418 e. The predicted molar refractivity (Wildman–Crippen MR) is 140 cm³/mol. The molecule has 214 valence electrons. The minimum absolute atomic E-state index is 0.000785. The average Bonchev–Trinajstić information content (AvgIpc) is 3.20. The molecule has 1 saturated heterocycles. The standard InChI is InChI=1S/C25H34F3N7O3S/c1-23(2,3)38-22(37)32-16-5-4-7-24(16)8-11-35(12-9-24)20-17(19(30)36)33-21(18(29)34-20)39-15-6-10-31-13-14(15)25(26,27)28/h6,10,13,16,19,36H,4-5,7-9,11-12,30H2,1-3H3,(H2,29,34)(H,32,37)/t16-,19?/m1/s1. The molecule has 6 N–H and O–H groups in total. The van der Waals surface area contributed by atoms with Crippen LogP contribution in [0, 0.1) is 5.41 Å². The van der Waals surface area contributed by atoms with Crippen LogP contribution < -0.4 is 21.7 Å². The first-order valence-corrected chi connectivity index (χ1v) is 13.5. The van der Waals surface area contributed by atoms with Gasteiger partial charge in [0, 0.05) is 36.4 Å². The van der Waals surface area contributed by atoms with Crippen molar-refractivity contribution in [2.75, 3.05) is 23.7 Å². The fraction of sp³-hybridized carbons (Fsp3) is 0.600. The number of halogens is 3. The lowest BCUT2D eigenvalue weighted by molar-refractivity contribution is -0.140. The molecule has 1 amide bonds. The van der Waals surface area contributed by atoms with Crippen molar-refractivity contribution in [1.29, 1.82) is 0 Å². The van der Waals surface area contributed by atoms with Gasteiger partial charge in [0.05, 0.1) is 5.56 Å². The Morgan fingerprint density at radius 1 is 1.26 bits per heavy atom. The normalized spacial score (nSPS) is 20.2. The molecule has 1 aliphatic heterocycles. The molecule has 1 spiro atoms. The lowest BCUT2D eigenvalue weighted by atomic mass is 9.74. The van der Waals surface area contributed by atoms with Crippen LogP contribution in [-0.2, 0) is 10.9 Å². The Labute approximate surface area is 229 Å². The predicted octanol–water partition coefficient (Wildman–Crippen LogP) is 4.24. The second-order valence-electron chi connectivity index (χ2n) is 11.0. The third kappa shape index (κ3) is 6.67. The van der Waals surface area contributed by atoms with E-state index in [1.54, 1.807) is 0 Å². The van der Waals surface area contributed by atoms with E-state index in [-0.39, 0.29) is 32.9 Å². The number of anilines is 2. The summed E-state index contributed by atoms with van der Waals surface area (Å²) in [6.07, 6.45) is -0.284. The van der Waals surface area contributed by atoms with E-state index in [2.05, 4.69) is 20.3 Å². The number of ether oxygens (including phenoxy) is 1. The number of aliphatic hydroxyl groups excluding tert-OH is 1. The Bertz CT molecular complexity index is 1200. The lowest BCUT2D eigenvalue weighted by Crippen LogP contribution is -2.51. The summed E-state index contributed by atoms with van der Waals surface area (Å²) in [7, 11) is 0. The van der Waals surface area contributed by atoms with E-state index in [0.717, 1.165) is 38.3 Å². The molecule has 1 unspecified atom stereocenters. The zero-order valence-corrected chi connectivity index (χ0v) is 22.9.